The first kappa shape index (κ1) is 25.2. The van der Waals surface area contributed by atoms with Gasteiger partial charge in [0.15, 0.2) is 5.96 Å². The Bertz CT molecular complexity index is 660. The van der Waals surface area contributed by atoms with Gasteiger partial charge in [0.05, 0.1) is 0 Å². The van der Waals surface area contributed by atoms with Gasteiger partial charge in [-0.25, -0.2) is 0 Å². The zero-order valence-electron chi connectivity index (χ0n) is 17.7. The van der Waals surface area contributed by atoms with E-state index in [0.29, 0.717) is 31.8 Å². The Morgan fingerprint density at radius 2 is 1.86 bits per heavy atom. The number of carbonyl (C=O) groups is 2. The van der Waals surface area contributed by atoms with E-state index in [-0.39, 0.29) is 35.8 Å². The Morgan fingerprint density at radius 1 is 1.21 bits per heavy atom. The number of benzene rings is 1. The van der Waals surface area contributed by atoms with Crippen LogP contribution in [0.4, 0.5) is 0 Å². The van der Waals surface area contributed by atoms with E-state index in [2.05, 4.69) is 20.5 Å². The molecule has 1 saturated heterocycles. The lowest BCUT2D eigenvalue weighted by atomic mass is 9.93. The van der Waals surface area contributed by atoms with Crippen LogP contribution in [0, 0.1) is 5.92 Å². The van der Waals surface area contributed by atoms with Crippen molar-refractivity contribution in [1.82, 2.24) is 20.4 Å². The molecule has 1 aromatic carbocycles. The molecule has 0 atom stereocenters. The maximum Gasteiger partial charge on any atom is 0.224 e. The van der Waals surface area contributed by atoms with E-state index in [9.17, 15) is 9.59 Å². The lowest BCUT2D eigenvalue weighted by Gasteiger charge is -2.34. The molecule has 1 fully saturated rings. The van der Waals surface area contributed by atoms with Crippen molar-refractivity contribution in [3.05, 3.63) is 35.9 Å². The molecule has 2 N–H and O–H groups in total. The summed E-state index contributed by atoms with van der Waals surface area (Å²) in [6, 6.07) is 9.99. The molecule has 0 radical (unpaired) electrons. The van der Waals surface area contributed by atoms with Crippen molar-refractivity contribution in [2.45, 2.75) is 32.2 Å². The summed E-state index contributed by atoms with van der Waals surface area (Å²) >= 11 is 0. The third-order valence-corrected chi connectivity index (χ3v) is 5.19. The molecule has 162 valence electrons. The SMILES string of the molecule is CN=C(NCCC(=O)N(C)Cc1ccccc1)N1CCC(CC(=O)NC)CC1.I. The lowest BCUT2D eigenvalue weighted by Crippen LogP contribution is -2.46. The Morgan fingerprint density at radius 3 is 2.45 bits per heavy atom. The molecule has 0 bridgehead atoms. The van der Waals surface area contributed by atoms with Gasteiger partial charge in [-0.05, 0) is 24.3 Å². The molecule has 0 aliphatic carbocycles. The van der Waals surface area contributed by atoms with Crippen molar-refractivity contribution in [3.63, 3.8) is 0 Å². The zero-order valence-corrected chi connectivity index (χ0v) is 20.0. The van der Waals surface area contributed by atoms with Gasteiger partial charge < -0.3 is 20.4 Å². The van der Waals surface area contributed by atoms with Crippen molar-refractivity contribution in [3.8, 4) is 0 Å². The summed E-state index contributed by atoms with van der Waals surface area (Å²) in [5, 5.41) is 6.00. The fourth-order valence-corrected chi connectivity index (χ4v) is 3.46. The topological polar surface area (TPSA) is 77.0 Å². The van der Waals surface area contributed by atoms with Crippen molar-refractivity contribution < 1.29 is 9.59 Å². The number of hydrogen-bond acceptors (Lipinski definition) is 3. The molecular weight excluding hydrogens is 481 g/mol. The average molecular weight is 515 g/mol. The molecule has 29 heavy (non-hydrogen) atoms. The van der Waals surface area contributed by atoms with Gasteiger partial charge in [-0.1, -0.05) is 30.3 Å². The summed E-state index contributed by atoms with van der Waals surface area (Å²) in [5.74, 6) is 1.48. The van der Waals surface area contributed by atoms with Crippen LogP contribution < -0.4 is 10.6 Å². The average Bonchev–Trinajstić information content (AvgIpc) is 2.72. The largest absolute Gasteiger partial charge is 0.359 e. The molecule has 1 aliphatic heterocycles. The van der Waals surface area contributed by atoms with Gasteiger partial charge in [0.25, 0.3) is 0 Å². The minimum Gasteiger partial charge on any atom is -0.359 e. The number of nitrogens with one attached hydrogen (secondary N) is 2. The molecule has 1 heterocycles. The van der Waals surface area contributed by atoms with Crippen LogP contribution in [0.15, 0.2) is 35.3 Å². The molecule has 8 heteroatoms. The molecule has 1 aliphatic rings. The predicted octanol–water partition coefficient (Wildman–Crippen LogP) is 2.08. The Labute approximate surface area is 191 Å². The molecule has 7 nitrogen and oxygen atoms in total. The maximum atomic E-state index is 12.4. The molecule has 2 amide bonds. The van der Waals surface area contributed by atoms with Crippen LogP contribution in [0.5, 0.6) is 0 Å². The van der Waals surface area contributed by atoms with Gasteiger partial charge in [-0.3, -0.25) is 14.6 Å². The number of rotatable bonds is 7. The van der Waals surface area contributed by atoms with Crippen molar-refractivity contribution in [2.24, 2.45) is 10.9 Å². The van der Waals surface area contributed by atoms with Crippen molar-refractivity contribution >= 4 is 41.8 Å². The molecule has 0 unspecified atom stereocenters. The van der Waals surface area contributed by atoms with Gasteiger partial charge in [0.1, 0.15) is 0 Å². The second kappa shape index (κ2) is 13.4. The van der Waals surface area contributed by atoms with Crippen LogP contribution in [0.3, 0.4) is 0 Å². The number of piperidine rings is 1. The summed E-state index contributed by atoms with van der Waals surface area (Å²) in [6.45, 7) is 2.93. The molecular formula is C21H34IN5O2. The molecule has 2 rings (SSSR count). The first-order valence-electron chi connectivity index (χ1n) is 9.97. The number of amides is 2. The summed E-state index contributed by atoms with van der Waals surface area (Å²) in [7, 11) is 5.28. The first-order valence-corrected chi connectivity index (χ1v) is 9.97. The highest BCUT2D eigenvalue weighted by atomic mass is 127. The smallest absolute Gasteiger partial charge is 0.224 e. The summed E-state index contributed by atoms with van der Waals surface area (Å²) in [4.78, 5) is 32.2. The predicted molar refractivity (Wildman–Crippen MR) is 127 cm³/mol. The van der Waals surface area contributed by atoms with Gasteiger partial charge in [0, 0.05) is 60.2 Å². The van der Waals surface area contributed by atoms with Gasteiger partial charge in [-0.2, -0.15) is 0 Å². The van der Waals surface area contributed by atoms with Crippen LogP contribution in [0.2, 0.25) is 0 Å². The van der Waals surface area contributed by atoms with E-state index >= 15 is 0 Å². The van der Waals surface area contributed by atoms with E-state index in [1.807, 2.05) is 37.4 Å². The zero-order chi connectivity index (χ0) is 20.4. The standard InChI is InChI=1S/C21H33N5O2.HI/c1-22-19(27)15-17-10-13-26(14-11-17)21(23-2)24-12-9-20(28)25(3)16-18-7-5-4-6-8-18;/h4-8,17H,9-16H2,1-3H3,(H,22,27)(H,23,24);1H. The summed E-state index contributed by atoms with van der Waals surface area (Å²) < 4.78 is 0. The summed E-state index contributed by atoms with van der Waals surface area (Å²) in [5.41, 5.74) is 1.13. The normalized spacial score (nSPS) is 14.7. The lowest BCUT2D eigenvalue weighted by molar-refractivity contribution is -0.130. The van der Waals surface area contributed by atoms with Crippen molar-refractivity contribution in [2.75, 3.05) is 40.8 Å². The minimum absolute atomic E-state index is 0. The third-order valence-electron chi connectivity index (χ3n) is 5.19. The van der Waals surface area contributed by atoms with Gasteiger partial charge in [-0.15, -0.1) is 24.0 Å². The third kappa shape index (κ3) is 8.59. The quantitative estimate of drug-likeness (QED) is 0.331. The van der Waals surface area contributed by atoms with E-state index in [0.717, 1.165) is 37.5 Å². The second-order valence-electron chi connectivity index (χ2n) is 7.27. The minimum atomic E-state index is 0. The van der Waals surface area contributed by atoms with Crippen LogP contribution >= 0.6 is 24.0 Å². The second-order valence-corrected chi connectivity index (χ2v) is 7.27. The molecule has 0 saturated carbocycles. The van der Waals surface area contributed by atoms with Gasteiger partial charge in [0.2, 0.25) is 11.8 Å². The van der Waals surface area contributed by atoms with E-state index in [4.69, 9.17) is 0 Å². The van der Waals surface area contributed by atoms with Crippen LogP contribution in [0.25, 0.3) is 0 Å². The fourth-order valence-electron chi connectivity index (χ4n) is 3.46. The number of likely N-dealkylation sites (tertiary alicyclic amines) is 1. The number of guanidine groups is 1. The first-order chi connectivity index (χ1) is 13.5. The van der Waals surface area contributed by atoms with Gasteiger partial charge >= 0.3 is 0 Å². The highest BCUT2D eigenvalue weighted by Gasteiger charge is 2.23. The van der Waals surface area contributed by atoms with Crippen LogP contribution in [-0.2, 0) is 16.1 Å². The molecule has 0 aromatic heterocycles. The Balaban J connectivity index is 0.00000420. The fraction of sp³-hybridized carbons (Fsp3) is 0.571. The number of carbonyl (C=O) groups excluding carboxylic acids is 2. The van der Waals surface area contributed by atoms with E-state index in [1.54, 1.807) is 19.0 Å². The van der Waals surface area contributed by atoms with Crippen LogP contribution in [-0.4, -0.2) is 68.4 Å². The number of halogens is 1. The monoisotopic (exact) mass is 515 g/mol. The number of aliphatic imine (C=N–C) groups is 1. The Kier molecular flexibility index (Phi) is 11.6. The molecule has 1 aromatic rings. The maximum absolute atomic E-state index is 12.4. The highest BCUT2D eigenvalue weighted by molar-refractivity contribution is 14.0. The van der Waals surface area contributed by atoms with E-state index in [1.165, 1.54) is 0 Å². The number of hydrogen-bond donors (Lipinski definition) is 2. The van der Waals surface area contributed by atoms with Crippen LogP contribution in [0.1, 0.15) is 31.2 Å². The molecule has 0 spiro atoms. The summed E-state index contributed by atoms with van der Waals surface area (Å²) in [6.07, 6.45) is 2.98. The Hall–Kier alpha value is -1.84. The van der Waals surface area contributed by atoms with E-state index < -0.39 is 0 Å². The number of nitrogens with zero attached hydrogens (tertiary/aromatic N) is 3. The highest BCUT2D eigenvalue weighted by Crippen LogP contribution is 2.20. The van der Waals surface area contributed by atoms with Crippen molar-refractivity contribution in [1.29, 1.82) is 0 Å².